The molecule has 3 N–H and O–H groups in total. The first kappa shape index (κ1) is 14.1. The van der Waals surface area contributed by atoms with Crippen LogP contribution in [0.2, 0.25) is 0 Å². The van der Waals surface area contributed by atoms with Gasteiger partial charge in [-0.1, -0.05) is 0 Å². The molecule has 0 bridgehead atoms. The van der Waals surface area contributed by atoms with Crippen LogP contribution in [0.3, 0.4) is 0 Å². The quantitative estimate of drug-likeness (QED) is 0.682. The van der Waals surface area contributed by atoms with Gasteiger partial charge in [0, 0.05) is 16.3 Å². The van der Waals surface area contributed by atoms with Gasteiger partial charge in [-0.15, -0.1) is 11.3 Å². The second-order valence-corrected chi connectivity index (χ2v) is 7.76. The molecule has 8 heteroatoms. The van der Waals surface area contributed by atoms with Crippen LogP contribution in [0.5, 0.6) is 0 Å². The highest BCUT2D eigenvalue weighted by atomic mass is 32.2. The number of thiophene rings is 1. The van der Waals surface area contributed by atoms with Crippen LogP contribution in [-0.4, -0.2) is 18.4 Å². The molecule has 0 aliphatic heterocycles. The first-order valence-corrected chi connectivity index (χ1v) is 8.51. The molecule has 0 saturated heterocycles. The topological polar surface area (TPSA) is 94.8 Å². The first-order chi connectivity index (χ1) is 9.94. The standard InChI is InChI=1S/C13H13N3O3S2/c1-8-2-3-9(20-8)7-14-21(18,19)10-4-5-11-12(6-10)16-13(17)15-11/h2-6,14H,7H2,1H3,(H2,15,16,17). The van der Waals surface area contributed by atoms with E-state index in [0.29, 0.717) is 11.0 Å². The summed E-state index contributed by atoms with van der Waals surface area (Å²) in [5.74, 6) is 0. The maximum atomic E-state index is 12.3. The summed E-state index contributed by atoms with van der Waals surface area (Å²) in [6.45, 7) is 2.22. The summed E-state index contributed by atoms with van der Waals surface area (Å²) in [6, 6.07) is 8.32. The molecular weight excluding hydrogens is 310 g/mol. The lowest BCUT2D eigenvalue weighted by Crippen LogP contribution is -2.22. The highest BCUT2D eigenvalue weighted by Gasteiger charge is 2.15. The van der Waals surface area contributed by atoms with Crippen LogP contribution in [0.1, 0.15) is 9.75 Å². The molecule has 0 amide bonds. The lowest BCUT2D eigenvalue weighted by molar-refractivity contribution is 0.582. The molecule has 3 rings (SSSR count). The van der Waals surface area contributed by atoms with Crippen LogP contribution in [0, 0.1) is 6.92 Å². The van der Waals surface area contributed by atoms with Gasteiger partial charge in [-0.3, -0.25) is 0 Å². The lowest BCUT2D eigenvalue weighted by atomic mass is 10.3. The summed E-state index contributed by atoms with van der Waals surface area (Å²) in [5, 5.41) is 0. The first-order valence-electron chi connectivity index (χ1n) is 6.21. The fourth-order valence-electron chi connectivity index (χ4n) is 2.01. The Morgan fingerprint density at radius 3 is 2.62 bits per heavy atom. The molecule has 21 heavy (non-hydrogen) atoms. The molecule has 0 saturated carbocycles. The predicted molar refractivity (Wildman–Crippen MR) is 82.0 cm³/mol. The van der Waals surface area contributed by atoms with Gasteiger partial charge in [0.2, 0.25) is 10.0 Å². The number of hydrogen-bond donors (Lipinski definition) is 3. The Balaban J connectivity index is 1.86. The van der Waals surface area contributed by atoms with Crippen LogP contribution in [-0.2, 0) is 16.6 Å². The van der Waals surface area contributed by atoms with Gasteiger partial charge in [-0.05, 0) is 37.3 Å². The Kier molecular flexibility index (Phi) is 3.44. The number of nitrogens with one attached hydrogen (secondary N) is 3. The molecule has 1 aromatic carbocycles. The number of aryl methyl sites for hydroxylation is 1. The van der Waals surface area contributed by atoms with Gasteiger partial charge in [0.05, 0.1) is 15.9 Å². The zero-order chi connectivity index (χ0) is 15.0. The smallest absolute Gasteiger partial charge is 0.306 e. The number of rotatable bonds is 4. The molecule has 2 aromatic heterocycles. The van der Waals surface area contributed by atoms with E-state index in [9.17, 15) is 13.2 Å². The number of sulfonamides is 1. The second-order valence-electron chi connectivity index (χ2n) is 4.62. The van der Waals surface area contributed by atoms with Crippen LogP contribution < -0.4 is 10.4 Å². The van der Waals surface area contributed by atoms with Crippen molar-refractivity contribution in [2.24, 2.45) is 0 Å². The van der Waals surface area contributed by atoms with Crippen LogP contribution in [0.15, 0.2) is 40.0 Å². The molecule has 0 aliphatic carbocycles. The SMILES string of the molecule is Cc1ccc(CNS(=O)(=O)c2ccc3[nH]c(=O)[nH]c3c2)s1. The van der Waals surface area contributed by atoms with Crippen molar-refractivity contribution < 1.29 is 8.42 Å². The van der Waals surface area contributed by atoms with Crippen molar-refractivity contribution in [3.05, 3.63) is 50.6 Å². The Morgan fingerprint density at radius 2 is 1.90 bits per heavy atom. The molecule has 0 unspecified atom stereocenters. The monoisotopic (exact) mass is 323 g/mol. The van der Waals surface area contributed by atoms with E-state index in [1.807, 2.05) is 19.1 Å². The minimum Gasteiger partial charge on any atom is -0.306 e. The molecule has 0 spiro atoms. The minimum absolute atomic E-state index is 0.124. The Bertz CT molecular complexity index is 950. The number of benzene rings is 1. The molecule has 110 valence electrons. The third kappa shape index (κ3) is 2.92. The number of imidazole rings is 1. The molecule has 3 aromatic rings. The normalized spacial score (nSPS) is 12.0. The second kappa shape index (κ2) is 5.14. The van der Waals surface area contributed by atoms with Gasteiger partial charge in [0.25, 0.3) is 0 Å². The molecular formula is C13H13N3O3S2. The Hall–Kier alpha value is -1.90. The molecule has 0 fully saturated rings. The number of H-pyrrole nitrogens is 2. The highest BCUT2D eigenvalue weighted by Crippen LogP contribution is 2.18. The molecule has 0 radical (unpaired) electrons. The van der Waals surface area contributed by atoms with Crippen molar-refractivity contribution in [2.45, 2.75) is 18.4 Å². The van der Waals surface area contributed by atoms with Gasteiger partial charge >= 0.3 is 5.69 Å². The minimum atomic E-state index is -3.61. The number of aromatic nitrogens is 2. The van der Waals surface area contributed by atoms with E-state index in [1.54, 1.807) is 17.4 Å². The van der Waals surface area contributed by atoms with E-state index in [-0.39, 0.29) is 17.1 Å². The fraction of sp³-hybridized carbons (Fsp3) is 0.154. The van der Waals surface area contributed by atoms with Crippen molar-refractivity contribution in [2.75, 3.05) is 0 Å². The predicted octanol–water partition coefficient (Wildman–Crippen LogP) is 1.70. The third-order valence-corrected chi connectivity index (χ3v) is 5.43. The summed E-state index contributed by atoms with van der Waals surface area (Å²) in [6.07, 6.45) is 0. The fourth-order valence-corrected chi connectivity index (χ4v) is 3.96. The maximum absolute atomic E-state index is 12.3. The molecule has 6 nitrogen and oxygen atoms in total. The van der Waals surface area contributed by atoms with E-state index in [0.717, 1.165) is 9.75 Å². The van der Waals surface area contributed by atoms with Gasteiger partial charge in [0.1, 0.15) is 0 Å². The Morgan fingerprint density at radius 1 is 1.14 bits per heavy atom. The lowest BCUT2D eigenvalue weighted by Gasteiger charge is -2.05. The van der Waals surface area contributed by atoms with Gasteiger partial charge in [-0.2, -0.15) is 0 Å². The molecule has 0 atom stereocenters. The van der Waals surface area contributed by atoms with Gasteiger partial charge in [-0.25, -0.2) is 17.9 Å². The highest BCUT2D eigenvalue weighted by molar-refractivity contribution is 7.89. The van der Waals surface area contributed by atoms with Crippen molar-refractivity contribution in [3.63, 3.8) is 0 Å². The van der Waals surface area contributed by atoms with Crippen LogP contribution in [0.25, 0.3) is 11.0 Å². The van der Waals surface area contributed by atoms with Gasteiger partial charge < -0.3 is 9.97 Å². The van der Waals surface area contributed by atoms with E-state index >= 15 is 0 Å². The number of fused-ring (bicyclic) bond motifs is 1. The summed E-state index contributed by atoms with van der Waals surface area (Å²) in [4.78, 5) is 18.5. The van der Waals surface area contributed by atoms with Crippen molar-refractivity contribution in [1.82, 2.24) is 14.7 Å². The van der Waals surface area contributed by atoms with E-state index in [1.165, 1.54) is 12.1 Å². The average Bonchev–Trinajstić information content (AvgIpc) is 3.00. The zero-order valence-corrected chi connectivity index (χ0v) is 12.8. The summed E-state index contributed by atoms with van der Waals surface area (Å²) >= 11 is 1.55. The van der Waals surface area contributed by atoms with E-state index in [2.05, 4.69) is 14.7 Å². The summed E-state index contributed by atoms with van der Waals surface area (Å²) in [5.41, 5.74) is 0.684. The zero-order valence-electron chi connectivity index (χ0n) is 11.1. The maximum Gasteiger partial charge on any atom is 0.323 e. The molecule has 0 aliphatic rings. The van der Waals surface area contributed by atoms with E-state index < -0.39 is 10.0 Å². The van der Waals surface area contributed by atoms with Crippen LogP contribution in [0.4, 0.5) is 0 Å². The molecule has 2 heterocycles. The largest absolute Gasteiger partial charge is 0.323 e. The summed E-state index contributed by atoms with van der Waals surface area (Å²) < 4.78 is 27.1. The van der Waals surface area contributed by atoms with E-state index in [4.69, 9.17) is 0 Å². The average molecular weight is 323 g/mol. The third-order valence-electron chi connectivity index (χ3n) is 3.03. The Labute approximate surface area is 124 Å². The van der Waals surface area contributed by atoms with Crippen molar-refractivity contribution in [1.29, 1.82) is 0 Å². The van der Waals surface area contributed by atoms with Crippen molar-refractivity contribution >= 4 is 32.4 Å². The van der Waals surface area contributed by atoms with Crippen molar-refractivity contribution in [3.8, 4) is 0 Å². The van der Waals surface area contributed by atoms with Crippen LogP contribution >= 0.6 is 11.3 Å². The summed E-state index contributed by atoms with van der Waals surface area (Å²) in [7, 11) is -3.61. The number of aromatic amines is 2. The number of hydrogen-bond acceptors (Lipinski definition) is 4. The van der Waals surface area contributed by atoms with Gasteiger partial charge in [0.15, 0.2) is 0 Å².